The van der Waals surface area contributed by atoms with Gasteiger partial charge in [-0.15, -0.1) is 0 Å². The minimum Gasteiger partial charge on any atom is -0.444 e. The van der Waals surface area contributed by atoms with Gasteiger partial charge in [-0.2, -0.15) is 0 Å². The van der Waals surface area contributed by atoms with E-state index in [1.54, 1.807) is 6.07 Å². The van der Waals surface area contributed by atoms with Crippen LogP contribution < -0.4 is 5.32 Å². The molecule has 1 heterocycles. The monoisotopic (exact) mass is 561 g/mol. The van der Waals surface area contributed by atoms with E-state index in [-0.39, 0.29) is 39.0 Å². The Hall–Kier alpha value is -1.55. The predicted molar refractivity (Wildman–Crippen MR) is 149 cm³/mol. The summed E-state index contributed by atoms with van der Waals surface area (Å²) in [5.41, 5.74) is -0.518. The molecular formula is C25H41Cl2N3O5Si. The van der Waals surface area contributed by atoms with Crippen LogP contribution in [0.5, 0.6) is 0 Å². The van der Waals surface area contributed by atoms with Crippen molar-refractivity contribution in [3.05, 3.63) is 32.3 Å². The predicted octanol–water partition coefficient (Wildman–Crippen LogP) is 7.88. The molecule has 0 aliphatic carbocycles. The van der Waals surface area contributed by atoms with Crippen LogP contribution in [0.2, 0.25) is 28.2 Å². The van der Waals surface area contributed by atoms with Gasteiger partial charge in [0.1, 0.15) is 16.3 Å². The van der Waals surface area contributed by atoms with Crippen LogP contribution in [-0.4, -0.2) is 55.1 Å². The van der Waals surface area contributed by atoms with E-state index in [4.69, 9.17) is 32.4 Å². The van der Waals surface area contributed by atoms with Crippen LogP contribution in [0.15, 0.2) is 12.1 Å². The number of hydrogen-bond acceptors (Lipinski definition) is 6. The molecule has 1 saturated heterocycles. The Bertz CT molecular complexity index is 947. The fourth-order valence-corrected chi connectivity index (χ4v) is 5.77. The molecule has 0 bridgehead atoms. The third kappa shape index (κ3) is 7.97. The number of carbonyl (C=O) groups excluding carboxylic acids is 1. The number of nitrogens with zero attached hydrogens (tertiary/aromatic N) is 2. The molecular weight excluding hydrogens is 521 g/mol. The van der Waals surface area contributed by atoms with E-state index in [1.807, 2.05) is 25.7 Å². The lowest BCUT2D eigenvalue weighted by atomic mass is 9.95. The first-order chi connectivity index (χ1) is 16.4. The third-order valence-electron chi connectivity index (χ3n) is 6.84. The Kier molecular flexibility index (Phi) is 10.1. The number of hydrogen-bond donors (Lipinski definition) is 1. The summed E-state index contributed by atoms with van der Waals surface area (Å²) in [5.74, 6) is 0. The maximum atomic E-state index is 13.1. The van der Waals surface area contributed by atoms with Crippen molar-refractivity contribution >= 4 is 49.0 Å². The molecule has 1 aromatic carbocycles. The summed E-state index contributed by atoms with van der Waals surface area (Å²) in [6, 6.07) is 2.95. The summed E-state index contributed by atoms with van der Waals surface area (Å²) in [7, 11) is -2.07. The van der Waals surface area contributed by atoms with Crippen LogP contribution in [0.3, 0.4) is 0 Å². The van der Waals surface area contributed by atoms with Crippen molar-refractivity contribution < 1.29 is 18.9 Å². The molecule has 0 spiro atoms. The summed E-state index contributed by atoms with van der Waals surface area (Å²) in [4.78, 5) is 25.9. The van der Waals surface area contributed by atoms with E-state index in [1.165, 1.54) is 6.07 Å². The Morgan fingerprint density at radius 2 is 1.86 bits per heavy atom. The zero-order valence-electron chi connectivity index (χ0n) is 22.7. The van der Waals surface area contributed by atoms with Gasteiger partial charge < -0.3 is 19.4 Å². The van der Waals surface area contributed by atoms with Gasteiger partial charge in [-0.05, 0) is 76.7 Å². The number of anilines is 1. The number of benzene rings is 1. The molecule has 1 aliphatic heterocycles. The summed E-state index contributed by atoms with van der Waals surface area (Å²) >= 11 is 12.0. The van der Waals surface area contributed by atoms with Gasteiger partial charge in [0.05, 0.1) is 22.1 Å². The van der Waals surface area contributed by atoms with Crippen molar-refractivity contribution in [1.82, 2.24) is 4.90 Å². The van der Waals surface area contributed by atoms with Gasteiger partial charge in [-0.25, -0.2) is 4.79 Å². The van der Waals surface area contributed by atoms with Crippen molar-refractivity contribution in [2.24, 2.45) is 0 Å². The molecule has 0 saturated carbocycles. The zero-order valence-corrected chi connectivity index (χ0v) is 25.3. The average Bonchev–Trinajstić information content (AvgIpc) is 2.71. The topological polar surface area (TPSA) is 93.9 Å². The van der Waals surface area contributed by atoms with Crippen LogP contribution >= 0.6 is 23.2 Å². The van der Waals surface area contributed by atoms with Crippen molar-refractivity contribution in [2.45, 2.75) is 103 Å². The van der Waals surface area contributed by atoms with Crippen LogP contribution in [0.1, 0.15) is 67.2 Å². The highest BCUT2D eigenvalue weighted by Gasteiger charge is 2.44. The number of nitro benzene ring substituents is 1. The van der Waals surface area contributed by atoms with E-state index in [0.29, 0.717) is 31.6 Å². The Morgan fingerprint density at radius 1 is 1.22 bits per heavy atom. The number of nitro groups is 1. The van der Waals surface area contributed by atoms with Crippen LogP contribution in [-0.2, 0) is 9.16 Å². The van der Waals surface area contributed by atoms with Gasteiger partial charge in [0.15, 0.2) is 8.32 Å². The van der Waals surface area contributed by atoms with Crippen molar-refractivity contribution in [2.75, 3.05) is 18.4 Å². The number of piperidine rings is 1. The molecule has 8 nitrogen and oxygen atoms in total. The maximum Gasteiger partial charge on any atom is 0.410 e. The third-order valence-corrected chi connectivity index (χ3v) is 12.1. The molecule has 11 heteroatoms. The maximum absolute atomic E-state index is 13.1. The largest absolute Gasteiger partial charge is 0.444 e. The zero-order chi connectivity index (χ0) is 27.5. The molecule has 204 valence electrons. The molecule has 0 radical (unpaired) electrons. The van der Waals surface area contributed by atoms with Crippen LogP contribution in [0, 0.1) is 10.1 Å². The molecule has 1 fully saturated rings. The van der Waals surface area contributed by atoms with E-state index >= 15 is 0 Å². The first kappa shape index (κ1) is 30.7. The molecule has 0 aromatic heterocycles. The number of likely N-dealkylation sites (tertiary alicyclic amines) is 1. The highest BCUT2D eigenvalue weighted by Crippen LogP contribution is 2.40. The quantitative estimate of drug-likeness (QED) is 0.150. The molecule has 1 aromatic rings. The highest BCUT2D eigenvalue weighted by molar-refractivity contribution is 6.74. The van der Waals surface area contributed by atoms with Crippen molar-refractivity contribution in [3.8, 4) is 0 Å². The molecule has 1 N–H and O–H groups in total. The van der Waals surface area contributed by atoms with E-state index in [2.05, 4.69) is 39.2 Å². The van der Waals surface area contributed by atoms with E-state index < -0.39 is 18.8 Å². The standard InChI is InChI=1S/C25H41Cl2N3O5Si/c1-24(2,3)34-23(31)29-16-10-12-20(35-36(7,8)25(4,5)6)19(29)11-9-15-28-18-14-13-17(26)21(27)22(18)30(32)33/h13-14,19-20,28H,9-12,15-16H2,1-8H3/t19-,20+/m1/s1. The molecule has 2 rings (SSSR count). The fourth-order valence-electron chi connectivity index (χ4n) is 4.00. The molecule has 1 aliphatic rings. The van der Waals surface area contributed by atoms with Crippen LogP contribution in [0.4, 0.5) is 16.2 Å². The first-order valence-corrected chi connectivity index (χ1v) is 16.1. The smallest absolute Gasteiger partial charge is 0.410 e. The number of halogens is 2. The number of amides is 1. The first-order valence-electron chi connectivity index (χ1n) is 12.5. The summed E-state index contributed by atoms with van der Waals surface area (Å²) < 4.78 is 12.5. The molecule has 1 amide bonds. The Labute approximate surface area is 226 Å². The second-order valence-corrected chi connectivity index (χ2v) is 17.4. The lowest BCUT2D eigenvalue weighted by Crippen LogP contribution is -2.56. The summed E-state index contributed by atoms with van der Waals surface area (Å²) in [6.07, 6.45) is 2.64. The van der Waals surface area contributed by atoms with Crippen molar-refractivity contribution in [3.63, 3.8) is 0 Å². The number of rotatable bonds is 8. The number of carbonyl (C=O) groups is 1. The van der Waals surface area contributed by atoms with E-state index in [9.17, 15) is 14.9 Å². The van der Waals surface area contributed by atoms with Crippen LogP contribution in [0.25, 0.3) is 0 Å². The van der Waals surface area contributed by atoms with Gasteiger partial charge in [0, 0.05) is 13.1 Å². The number of nitrogens with one attached hydrogen (secondary N) is 1. The van der Waals surface area contributed by atoms with Gasteiger partial charge in [-0.3, -0.25) is 10.1 Å². The Balaban J connectivity index is 2.19. The minimum absolute atomic E-state index is 0.0418. The lowest BCUT2D eigenvalue weighted by molar-refractivity contribution is -0.383. The highest BCUT2D eigenvalue weighted by atomic mass is 35.5. The summed E-state index contributed by atoms with van der Waals surface area (Å²) in [6.45, 7) is 17.7. The fraction of sp³-hybridized carbons (Fsp3) is 0.720. The minimum atomic E-state index is -2.07. The average molecular weight is 563 g/mol. The van der Waals surface area contributed by atoms with Gasteiger partial charge in [-0.1, -0.05) is 44.0 Å². The van der Waals surface area contributed by atoms with Gasteiger partial charge >= 0.3 is 11.8 Å². The van der Waals surface area contributed by atoms with Crippen molar-refractivity contribution in [1.29, 1.82) is 0 Å². The van der Waals surface area contributed by atoms with Gasteiger partial charge in [0.25, 0.3) is 0 Å². The normalized spacial score (nSPS) is 19.2. The SMILES string of the molecule is CC(C)(C)OC(=O)N1CCC[C@H](O[Si](C)(C)C(C)(C)C)[C@H]1CCCNc1ccc(Cl)c(Cl)c1[N+](=O)[O-]. The lowest BCUT2D eigenvalue weighted by Gasteiger charge is -2.47. The molecule has 0 unspecified atom stereocenters. The second kappa shape index (κ2) is 11.9. The molecule has 2 atom stereocenters. The number of ether oxygens (including phenoxy) is 1. The molecule has 36 heavy (non-hydrogen) atoms. The van der Waals surface area contributed by atoms with E-state index in [0.717, 1.165) is 12.8 Å². The summed E-state index contributed by atoms with van der Waals surface area (Å²) in [5, 5.41) is 14.7. The second-order valence-electron chi connectivity index (χ2n) is 11.9. The Morgan fingerprint density at radius 3 is 2.42 bits per heavy atom. The van der Waals surface area contributed by atoms with Gasteiger partial charge in [0.2, 0.25) is 0 Å².